The Kier molecular flexibility index (Phi) is 9.26. The van der Waals surface area contributed by atoms with Crippen LogP contribution in [-0.4, -0.2) is 49.7 Å². The van der Waals surface area contributed by atoms with E-state index in [0.717, 1.165) is 12.3 Å². The van der Waals surface area contributed by atoms with Crippen molar-refractivity contribution in [1.82, 2.24) is 26.4 Å². The smallest absolute Gasteiger partial charge is 0.333 e. The molecule has 0 spiro atoms. The SMILES string of the molecule is CCNC(=O)NNC(=O)NCCCOc1cccc(CN2CCCCC2)c1. The molecule has 150 valence electrons. The van der Waals surface area contributed by atoms with Crippen LogP contribution in [0, 0.1) is 0 Å². The van der Waals surface area contributed by atoms with Crippen LogP contribution in [0.15, 0.2) is 24.3 Å². The fourth-order valence-corrected chi connectivity index (χ4v) is 2.94. The van der Waals surface area contributed by atoms with Crippen LogP contribution in [0.1, 0.15) is 38.2 Å². The number of ether oxygens (including phenoxy) is 1. The van der Waals surface area contributed by atoms with Crippen molar-refractivity contribution in [2.45, 2.75) is 39.2 Å². The third kappa shape index (κ3) is 8.63. The molecule has 0 aliphatic carbocycles. The van der Waals surface area contributed by atoms with Gasteiger partial charge in [0.25, 0.3) is 0 Å². The number of benzene rings is 1. The van der Waals surface area contributed by atoms with Gasteiger partial charge >= 0.3 is 12.1 Å². The summed E-state index contributed by atoms with van der Waals surface area (Å²) in [7, 11) is 0. The zero-order valence-corrected chi connectivity index (χ0v) is 16.1. The van der Waals surface area contributed by atoms with Crippen molar-refractivity contribution >= 4 is 12.1 Å². The van der Waals surface area contributed by atoms with E-state index in [1.165, 1.54) is 37.9 Å². The molecule has 4 amide bonds. The molecule has 0 radical (unpaired) electrons. The highest BCUT2D eigenvalue weighted by atomic mass is 16.5. The van der Waals surface area contributed by atoms with Gasteiger partial charge in [-0.25, -0.2) is 20.4 Å². The number of amides is 4. The predicted octanol–water partition coefficient (Wildman–Crippen LogP) is 1.97. The minimum atomic E-state index is -0.454. The van der Waals surface area contributed by atoms with Gasteiger partial charge in [0.05, 0.1) is 6.61 Å². The van der Waals surface area contributed by atoms with Crippen LogP contribution in [0.25, 0.3) is 0 Å². The van der Waals surface area contributed by atoms with E-state index < -0.39 is 12.1 Å². The van der Waals surface area contributed by atoms with Crippen LogP contribution < -0.4 is 26.2 Å². The van der Waals surface area contributed by atoms with E-state index in [0.29, 0.717) is 26.1 Å². The minimum Gasteiger partial charge on any atom is -0.494 e. The summed E-state index contributed by atoms with van der Waals surface area (Å²) in [5.74, 6) is 0.854. The number of likely N-dealkylation sites (tertiary alicyclic amines) is 1. The third-order valence-electron chi connectivity index (χ3n) is 4.26. The average molecular weight is 377 g/mol. The van der Waals surface area contributed by atoms with Gasteiger partial charge in [0.1, 0.15) is 5.75 Å². The molecule has 0 aromatic heterocycles. The van der Waals surface area contributed by atoms with Crippen LogP contribution in [0.4, 0.5) is 9.59 Å². The highest BCUT2D eigenvalue weighted by Crippen LogP contribution is 2.17. The third-order valence-corrected chi connectivity index (χ3v) is 4.26. The molecule has 0 saturated carbocycles. The molecule has 1 fully saturated rings. The zero-order chi connectivity index (χ0) is 19.3. The molecule has 8 nitrogen and oxygen atoms in total. The highest BCUT2D eigenvalue weighted by molar-refractivity contribution is 5.79. The maximum atomic E-state index is 11.5. The summed E-state index contributed by atoms with van der Waals surface area (Å²) in [6.07, 6.45) is 4.59. The maximum absolute atomic E-state index is 11.5. The summed E-state index contributed by atoms with van der Waals surface area (Å²) >= 11 is 0. The van der Waals surface area contributed by atoms with Crippen molar-refractivity contribution in [3.8, 4) is 5.75 Å². The van der Waals surface area contributed by atoms with Gasteiger partial charge in [0.15, 0.2) is 0 Å². The Balaban J connectivity index is 1.59. The Morgan fingerprint density at radius 3 is 2.56 bits per heavy atom. The summed E-state index contributed by atoms with van der Waals surface area (Å²) in [6.45, 7) is 6.57. The van der Waals surface area contributed by atoms with Gasteiger partial charge in [0.2, 0.25) is 0 Å². The Labute approximate surface area is 161 Å². The van der Waals surface area contributed by atoms with Gasteiger partial charge in [-0.15, -0.1) is 0 Å². The molecule has 8 heteroatoms. The van der Waals surface area contributed by atoms with Crippen molar-refractivity contribution in [2.75, 3.05) is 32.8 Å². The number of nitrogens with one attached hydrogen (secondary N) is 4. The van der Waals surface area contributed by atoms with Crippen molar-refractivity contribution in [3.63, 3.8) is 0 Å². The van der Waals surface area contributed by atoms with Crippen LogP contribution in [0.5, 0.6) is 5.75 Å². The number of piperidine rings is 1. The molecule has 1 aromatic rings. The normalized spacial score (nSPS) is 14.3. The quantitative estimate of drug-likeness (QED) is 0.412. The summed E-state index contributed by atoms with van der Waals surface area (Å²) in [4.78, 5) is 25.1. The number of carbonyl (C=O) groups excluding carboxylic acids is 2. The predicted molar refractivity (Wildman–Crippen MR) is 104 cm³/mol. The van der Waals surface area contributed by atoms with Crippen molar-refractivity contribution in [1.29, 1.82) is 0 Å². The monoisotopic (exact) mass is 377 g/mol. The Morgan fingerprint density at radius 1 is 1.07 bits per heavy atom. The number of urea groups is 2. The number of rotatable bonds is 8. The summed E-state index contributed by atoms with van der Waals surface area (Å²) in [6, 6.07) is 7.30. The van der Waals surface area contributed by atoms with E-state index in [-0.39, 0.29) is 0 Å². The first-order valence-electron chi connectivity index (χ1n) is 9.69. The van der Waals surface area contributed by atoms with Crippen molar-refractivity contribution < 1.29 is 14.3 Å². The summed E-state index contributed by atoms with van der Waals surface area (Å²) < 4.78 is 5.78. The topological polar surface area (TPSA) is 94.7 Å². The van der Waals surface area contributed by atoms with Gasteiger partial charge < -0.3 is 15.4 Å². The van der Waals surface area contributed by atoms with Gasteiger partial charge in [0, 0.05) is 19.6 Å². The lowest BCUT2D eigenvalue weighted by Gasteiger charge is -2.26. The van der Waals surface area contributed by atoms with E-state index in [1.54, 1.807) is 6.92 Å². The molecule has 4 N–H and O–H groups in total. The molecule has 1 aromatic carbocycles. The second-order valence-electron chi connectivity index (χ2n) is 6.55. The number of carbonyl (C=O) groups is 2. The van der Waals surface area contributed by atoms with E-state index in [4.69, 9.17) is 4.74 Å². The van der Waals surface area contributed by atoms with Crippen LogP contribution in [-0.2, 0) is 6.54 Å². The molecule has 1 saturated heterocycles. The Morgan fingerprint density at radius 2 is 1.81 bits per heavy atom. The number of hydrogen-bond acceptors (Lipinski definition) is 4. The second-order valence-corrected chi connectivity index (χ2v) is 6.55. The first kappa shape index (κ1) is 20.8. The lowest BCUT2D eigenvalue weighted by Crippen LogP contribution is -2.50. The van der Waals surface area contributed by atoms with Gasteiger partial charge in [-0.3, -0.25) is 4.90 Å². The largest absolute Gasteiger partial charge is 0.494 e. The number of hydrogen-bond donors (Lipinski definition) is 4. The van der Waals surface area contributed by atoms with E-state index in [9.17, 15) is 9.59 Å². The molecule has 1 aliphatic heterocycles. The summed E-state index contributed by atoms with van der Waals surface area (Å²) in [5, 5.41) is 5.16. The lowest BCUT2D eigenvalue weighted by molar-refractivity contribution is 0.220. The fraction of sp³-hybridized carbons (Fsp3) is 0.579. The highest BCUT2D eigenvalue weighted by Gasteiger charge is 2.10. The van der Waals surface area contributed by atoms with Crippen LogP contribution >= 0.6 is 0 Å². The molecule has 0 bridgehead atoms. The standard InChI is InChI=1S/C19H31N5O3/c1-2-20-18(25)22-23-19(26)21-10-7-13-27-17-9-6-8-16(14-17)15-24-11-4-3-5-12-24/h6,8-9,14H,2-5,7,10-13,15H2,1H3,(H2,20,22,25)(H2,21,23,26). The zero-order valence-electron chi connectivity index (χ0n) is 16.1. The first-order valence-corrected chi connectivity index (χ1v) is 9.69. The van der Waals surface area contributed by atoms with E-state index >= 15 is 0 Å². The fourth-order valence-electron chi connectivity index (χ4n) is 2.94. The molecule has 27 heavy (non-hydrogen) atoms. The van der Waals surface area contributed by atoms with Crippen LogP contribution in [0.2, 0.25) is 0 Å². The molecule has 0 unspecified atom stereocenters. The van der Waals surface area contributed by atoms with E-state index in [1.807, 2.05) is 12.1 Å². The number of nitrogens with zero attached hydrogens (tertiary/aromatic N) is 1. The lowest BCUT2D eigenvalue weighted by atomic mass is 10.1. The number of hydrazine groups is 1. The van der Waals surface area contributed by atoms with Gasteiger partial charge in [-0.1, -0.05) is 18.6 Å². The van der Waals surface area contributed by atoms with Gasteiger partial charge in [-0.05, 0) is 57.0 Å². The van der Waals surface area contributed by atoms with Gasteiger partial charge in [-0.2, -0.15) is 0 Å². The minimum absolute atomic E-state index is 0.444. The molecular formula is C19H31N5O3. The molecule has 2 rings (SSSR count). The second kappa shape index (κ2) is 12.0. The molecule has 1 aliphatic rings. The average Bonchev–Trinajstić information content (AvgIpc) is 2.67. The molecule has 1 heterocycles. The molecule has 0 atom stereocenters. The Hall–Kier alpha value is -2.48. The van der Waals surface area contributed by atoms with Crippen molar-refractivity contribution in [2.24, 2.45) is 0 Å². The maximum Gasteiger partial charge on any atom is 0.333 e. The molecular weight excluding hydrogens is 346 g/mol. The Bertz CT molecular complexity index is 590. The first-order chi connectivity index (χ1) is 13.2. The summed E-state index contributed by atoms with van der Waals surface area (Å²) in [5.41, 5.74) is 5.77. The van der Waals surface area contributed by atoms with Crippen LogP contribution in [0.3, 0.4) is 0 Å². The van der Waals surface area contributed by atoms with E-state index in [2.05, 4.69) is 38.5 Å². The van der Waals surface area contributed by atoms with Crippen molar-refractivity contribution in [3.05, 3.63) is 29.8 Å².